The highest BCUT2D eigenvalue weighted by Crippen LogP contribution is 2.47. The van der Waals surface area contributed by atoms with Gasteiger partial charge in [-0.25, -0.2) is 4.39 Å². The molecule has 0 aromatic heterocycles. The van der Waals surface area contributed by atoms with E-state index >= 15 is 0 Å². The molecule has 1 unspecified atom stereocenters. The number of hydrogen-bond acceptors (Lipinski definition) is 4. The van der Waals surface area contributed by atoms with Crippen LogP contribution in [0.25, 0.3) is 0 Å². The molecule has 1 aliphatic carbocycles. The van der Waals surface area contributed by atoms with Gasteiger partial charge in [-0.3, -0.25) is 14.6 Å². The molecule has 5 heteroatoms. The number of allylic oxidation sites excluding steroid dienone is 2. The summed E-state index contributed by atoms with van der Waals surface area (Å²) in [5, 5.41) is 0. The molecule has 27 heavy (non-hydrogen) atoms. The van der Waals surface area contributed by atoms with Crippen LogP contribution in [0.4, 0.5) is 4.39 Å². The van der Waals surface area contributed by atoms with Gasteiger partial charge in [0, 0.05) is 29.3 Å². The second kappa shape index (κ2) is 7.37. The molecular formula is C22H26FNO3. The van der Waals surface area contributed by atoms with Crippen LogP contribution in [0.2, 0.25) is 0 Å². The highest BCUT2D eigenvalue weighted by molar-refractivity contribution is 6.09. The number of aliphatic imine (C=N–C) groups is 1. The number of nitrogens with zero attached hydrogens (tertiary/aromatic N) is 1. The van der Waals surface area contributed by atoms with Gasteiger partial charge >= 0.3 is 5.97 Å². The smallest absolute Gasteiger partial charge is 0.315 e. The fraction of sp³-hybridized carbons (Fsp3) is 0.500. The Hall–Kier alpha value is -2.30. The predicted molar refractivity (Wildman–Crippen MR) is 102 cm³/mol. The van der Waals surface area contributed by atoms with E-state index in [4.69, 9.17) is 4.74 Å². The van der Waals surface area contributed by atoms with Crippen LogP contribution in [0.3, 0.4) is 0 Å². The monoisotopic (exact) mass is 371 g/mol. The zero-order valence-electron chi connectivity index (χ0n) is 16.3. The molecule has 2 aliphatic rings. The van der Waals surface area contributed by atoms with Gasteiger partial charge < -0.3 is 4.74 Å². The number of carbonyl (C=O) groups is 2. The number of halogens is 1. The molecule has 1 aromatic rings. The Morgan fingerprint density at radius 3 is 2.74 bits per heavy atom. The van der Waals surface area contributed by atoms with Crippen molar-refractivity contribution in [2.24, 2.45) is 16.3 Å². The lowest BCUT2D eigenvalue weighted by Crippen LogP contribution is -2.39. The second-order valence-corrected chi connectivity index (χ2v) is 8.23. The van der Waals surface area contributed by atoms with Crippen LogP contribution in [0.1, 0.15) is 58.4 Å². The quantitative estimate of drug-likeness (QED) is 0.727. The average molecular weight is 371 g/mol. The molecular weight excluding hydrogens is 345 g/mol. The van der Waals surface area contributed by atoms with Crippen molar-refractivity contribution in [2.75, 3.05) is 6.61 Å². The van der Waals surface area contributed by atoms with Gasteiger partial charge in [0.1, 0.15) is 11.7 Å². The Morgan fingerprint density at radius 1 is 1.33 bits per heavy atom. The van der Waals surface area contributed by atoms with E-state index in [9.17, 15) is 14.0 Å². The molecule has 144 valence electrons. The van der Waals surface area contributed by atoms with E-state index in [2.05, 4.69) is 4.99 Å². The predicted octanol–water partition coefficient (Wildman–Crippen LogP) is 4.60. The van der Waals surface area contributed by atoms with Gasteiger partial charge in [-0.1, -0.05) is 32.9 Å². The fourth-order valence-corrected chi connectivity index (χ4v) is 4.10. The molecule has 0 amide bonds. The minimum Gasteiger partial charge on any atom is -0.465 e. The van der Waals surface area contributed by atoms with Crippen molar-refractivity contribution in [1.82, 2.24) is 0 Å². The molecule has 0 spiro atoms. The minimum absolute atomic E-state index is 0.0138. The van der Waals surface area contributed by atoms with Crippen LogP contribution in [-0.2, 0) is 14.3 Å². The summed E-state index contributed by atoms with van der Waals surface area (Å²) in [5.74, 6) is -2.07. The molecule has 0 bridgehead atoms. The van der Waals surface area contributed by atoms with E-state index in [1.54, 1.807) is 19.1 Å². The minimum atomic E-state index is -0.706. The van der Waals surface area contributed by atoms with Crippen LogP contribution in [0.15, 0.2) is 40.5 Å². The summed E-state index contributed by atoms with van der Waals surface area (Å²) in [4.78, 5) is 30.5. The number of rotatable bonds is 4. The second-order valence-electron chi connectivity index (χ2n) is 8.23. The third-order valence-electron chi connectivity index (χ3n) is 5.21. The molecule has 0 N–H and O–H groups in total. The lowest BCUT2D eigenvalue weighted by Gasteiger charge is -2.39. The maximum atomic E-state index is 13.9. The van der Waals surface area contributed by atoms with Crippen LogP contribution >= 0.6 is 0 Å². The van der Waals surface area contributed by atoms with Gasteiger partial charge in [0.2, 0.25) is 0 Å². The summed E-state index contributed by atoms with van der Waals surface area (Å²) in [5.41, 5.74) is 2.33. The Kier molecular flexibility index (Phi) is 5.31. The Balaban J connectivity index is 2.13. The fourth-order valence-electron chi connectivity index (χ4n) is 4.10. The van der Waals surface area contributed by atoms with E-state index in [-0.39, 0.29) is 17.0 Å². The number of benzene rings is 1. The van der Waals surface area contributed by atoms with Crippen LogP contribution in [-0.4, -0.2) is 24.1 Å². The van der Waals surface area contributed by atoms with Crippen molar-refractivity contribution in [2.45, 2.75) is 52.9 Å². The molecule has 3 rings (SSSR count). The highest BCUT2D eigenvalue weighted by Gasteiger charge is 2.46. The number of ketones is 1. The van der Waals surface area contributed by atoms with Crippen LogP contribution in [0.5, 0.6) is 0 Å². The SMILES string of the molecule is CCCOC(=O)C1C(C)=NC2=C(C(=O)CC(C)(C)C2)[C@@H]1c1cccc(F)c1. The van der Waals surface area contributed by atoms with Crippen molar-refractivity contribution < 1.29 is 18.7 Å². The number of esters is 1. The van der Waals surface area contributed by atoms with Crippen molar-refractivity contribution in [3.63, 3.8) is 0 Å². The van der Waals surface area contributed by atoms with Gasteiger partial charge in [-0.15, -0.1) is 0 Å². The Labute approximate surface area is 159 Å². The van der Waals surface area contributed by atoms with E-state index in [0.29, 0.717) is 42.7 Å². The first-order valence-corrected chi connectivity index (χ1v) is 9.47. The number of carbonyl (C=O) groups excluding carboxylic acids is 2. The lowest BCUT2D eigenvalue weighted by molar-refractivity contribution is -0.146. The topological polar surface area (TPSA) is 55.7 Å². The van der Waals surface area contributed by atoms with Crippen molar-refractivity contribution >= 4 is 17.5 Å². The lowest BCUT2D eigenvalue weighted by atomic mass is 9.67. The standard InChI is InChI=1S/C22H26FNO3/c1-5-9-27-21(26)18-13(2)24-16-11-22(3,4)12-17(25)20(16)19(18)14-7-6-8-15(23)10-14/h6-8,10,18-19H,5,9,11-12H2,1-4H3/t18?,19-/m1/s1. The highest BCUT2D eigenvalue weighted by atomic mass is 19.1. The summed E-state index contributed by atoms with van der Waals surface area (Å²) in [7, 11) is 0. The van der Waals surface area contributed by atoms with Gasteiger partial charge in [-0.05, 0) is 42.9 Å². The molecule has 0 saturated carbocycles. The normalized spacial score (nSPS) is 24.3. The zero-order chi connectivity index (χ0) is 19.8. The Bertz CT molecular complexity index is 838. The van der Waals surface area contributed by atoms with E-state index in [0.717, 1.165) is 5.70 Å². The van der Waals surface area contributed by atoms with Gasteiger partial charge in [-0.2, -0.15) is 0 Å². The molecule has 0 radical (unpaired) electrons. The third kappa shape index (κ3) is 3.87. The molecule has 4 nitrogen and oxygen atoms in total. The maximum Gasteiger partial charge on any atom is 0.315 e. The first-order valence-electron chi connectivity index (χ1n) is 9.47. The number of ether oxygens (including phenoxy) is 1. The van der Waals surface area contributed by atoms with Gasteiger partial charge in [0.25, 0.3) is 0 Å². The van der Waals surface area contributed by atoms with Crippen molar-refractivity contribution in [3.05, 3.63) is 46.9 Å². The average Bonchev–Trinajstić information content (AvgIpc) is 2.57. The van der Waals surface area contributed by atoms with E-state index in [1.807, 2.05) is 20.8 Å². The van der Waals surface area contributed by atoms with Gasteiger partial charge in [0.05, 0.1) is 6.61 Å². The summed E-state index contributed by atoms with van der Waals surface area (Å²) >= 11 is 0. The summed E-state index contributed by atoms with van der Waals surface area (Å²) in [6.45, 7) is 8.11. The van der Waals surface area contributed by atoms with Crippen LogP contribution < -0.4 is 0 Å². The zero-order valence-corrected chi connectivity index (χ0v) is 16.3. The molecule has 1 aliphatic heterocycles. The number of hydrogen-bond donors (Lipinski definition) is 0. The van der Waals surface area contributed by atoms with Crippen molar-refractivity contribution in [1.29, 1.82) is 0 Å². The summed E-state index contributed by atoms with van der Waals surface area (Å²) in [6, 6.07) is 6.14. The van der Waals surface area contributed by atoms with Crippen LogP contribution in [0, 0.1) is 17.2 Å². The first kappa shape index (κ1) is 19.5. The third-order valence-corrected chi connectivity index (χ3v) is 5.21. The Morgan fingerprint density at radius 2 is 2.07 bits per heavy atom. The van der Waals surface area contributed by atoms with E-state index < -0.39 is 17.8 Å². The largest absolute Gasteiger partial charge is 0.465 e. The first-order chi connectivity index (χ1) is 12.7. The summed E-state index contributed by atoms with van der Waals surface area (Å²) in [6.07, 6.45) is 1.76. The molecule has 2 atom stereocenters. The van der Waals surface area contributed by atoms with Gasteiger partial charge in [0.15, 0.2) is 5.78 Å². The maximum absolute atomic E-state index is 13.9. The molecule has 0 fully saturated rings. The molecule has 0 saturated heterocycles. The molecule has 1 aromatic carbocycles. The number of Topliss-reactive ketones (excluding diaryl/α,β-unsaturated/α-hetero) is 1. The molecule has 1 heterocycles. The summed E-state index contributed by atoms with van der Waals surface area (Å²) < 4.78 is 19.3. The van der Waals surface area contributed by atoms with Crippen molar-refractivity contribution in [3.8, 4) is 0 Å². The van der Waals surface area contributed by atoms with E-state index in [1.165, 1.54) is 12.1 Å².